The zero-order valence-corrected chi connectivity index (χ0v) is 10.4. The van der Waals surface area contributed by atoms with Crippen LogP contribution in [0.3, 0.4) is 0 Å². The summed E-state index contributed by atoms with van der Waals surface area (Å²) in [5, 5.41) is 14.7. The lowest BCUT2D eigenvalue weighted by Crippen LogP contribution is -2.37. The fraction of sp³-hybridized carbons (Fsp3) is 0.833. The molecule has 1 amide bonds. The van der Waals surface area contributed by atoms with Crippen molar-refractivity contribution < 1.29 is 14.7 Å². The summed E-state index contributed by atoms with van der Waals surface area (Å²) < 4.78 is 0. The van der Waals surface area contributed by atoms with E-state index in [4.69, 9.17) is 5.11 Å². The fourth-order valence-electron chi connectivity index (χ4n) is 2.17. The minimum Gasteiger partial charge on any atom is -0.481 e. The maximum absolute atomic E-state index is 11.3. The van der Waals surface area contributed by atoms with Crippen molar-refractivity contribution in [2.24, 2.45) is 11.8 Å². The van der Waals surface area contributed by atoms with Crippen LogP contribution in [0.15, 0.2) is 0 Å². The molecule has 0 aromatic carbocycles. The Hall–Kier alpha value is -1.10. The number of carbonyl (C=O) groups is 2. The standard InChI is InChI=1S/C12H22N2O3/c1-2-13-8-11(15)14-7-9-3-5-10(6-4-9)12(16)17/h9-10,13H,2-8H2,1H3,(H,14,15)(H,16,17). The molecule has 0 atom stereocenters. The second kappa shape index (κ2) is 7.27. The van der Waals surface area contributed by atoms with E-state index >= 15 is 0 Å². The van der Waals surface area contributed by atoms with E-state index in [1.165, 1.54) is 0 Å². The van der Waals surface area contributed by atoms with Crippen molar-refractivity contribution in [3.8, 4) is 0 Å². The van der Waals surface area contributed by atoms with Crippen LogP contribution in [-0.4, -0.2) is 36.6 Å². The average molecular weight is 242 g/mol. The number of likely N-dealkylation sites (N-methyl/N-ethyl adjacent to an activating group) is 1. The predicted molar refractivity (Wildman–Crippen MR) is 64.6 cm³/mol. The first-order valence-electron chi connectivity index (χ1n) is 6.33. The maximum atomic E-state index is 11.3. The molecule has 17 heavy (non-hydrogen) atoms. The smallest absolute Gasteiger partial charge is 0.306 e. The molecule has 0 saturated heterocycles. The minimum atomic E-state index is -0.681. The molecule has 1 aliphatic rings. The molecule has 0 unspecified atom stereocenters. The molecule has 0 aromatic heterocycles. The zero-order chi connectivity index (χ0) is 12.7. The van der Waals surface area contributed by atoms with Crippen LogP contribution in [0.5, 0.6) is 0 Å². The molecule has 0 aliphatic heterocycles. The van der Waals surface area contributed by atoms with Crippen molar-refractivity contribution >= 4 is 11.9 Å². The number of amides is 1. The van der Waals surface area contributed by atoms with Gasteiger partial charge in [-0.3, -0.25) is 9.59 Å². The Morgan fingerprint density at radius 3 is 2.41 bits per heavy atom. The lowest BCUT2D eigenvalue weighted by molar-refractivity contribution is -0.143. The number of carboxylic acids is 1. The number of rotatable bonds is 6. The van der Waals surface area contributed by atoms with Crippen molar-refractivity contribution in [2.75, 3.05) is 19.6 Å². The van der Waals surface area contributed by atoms with Crippen molar-refractivity contribution in [2.45, 2.75) is 32.6 Å². The summed E-state index contributed by atoms with van der Waals surface area (Å²) >= 11 is 0. The van der Waals surface area contributed by atoms with Crippen molar-refractivity contribution in [1.82, 2.24) is 10.6 Å². The Balaban J connectivity index is 2.14. The molecule has 0 radical (unpaired) electrons. The molecule has 0 spiro atoms. The molecule has 0 bridgehead atoms. The van der Waals surface area contributed by atoms with E-state index in [0.717, 1.165) is 32.2 Å². The Labute approximate surface area is 102 Å². The van der Waals surface area contributed by atoms with E-state index < -0.39 is 5.97 Å². The van der Waals surface area contributed by atoms with E-state index in [9.17, 15) is 9.59 Å². The average Bonchev–Trinajstić information content (AvgIpc) is 2.34. The highest BCUT2D eigenvalue weighted by Crippen LogP contribution is 2.28. The van der Waals surface area contributed by atoms with E-state index in [1.807, 2.05) is 6.92 Å². The van der Waals surface area contributed by atoms with Crippen molar-refractivity contribution in [1.29, 1.82) is 0 Å². The van der Waals surface area contributed by atoms with Gasteiger partial charge in [-0.25, -0.2) is 0 Å². The summed E-state index contributed by atoms with van der Waals surface area (Å²) in [5.74, 6) is -0.397. The van der Waals surface area contributed by atoms with Gasteiger partial charge >= 0.3 is 5.97 Å². The summed E-state index contributed by atoms with van der Waals surface area (Å²) in [6.45, 7) is 3.79. The van der Waals surface area contributed by atoms with E-state index in [1.54, 1.807) is 0 Å². The highest BCUT2D eigenvalue weighted by atomic mass is 16.4. The Kier molecular flexibility index (Phi) is 5.97. The zero-order valence-electron chi connectivity index (χ0n) is 10.4. The Morgan fingerprint density at radius 1 is 1.24 bits per heavy atom. The number of carbonyl (C=O) groups excluding carboxylic acids is 1. The quantitative estimate of drug-likeness (QED) is 0.637. The van der Waals surface area contributed by atoms with Crippen LogP contribution in [0.25, 0.3) is 0 Å². The maximum Gasteiger partial charge on any atom is 0.306 e. The van der Waals surface area contributed by atoms with Gasteiger partial charge < -0.3 is 15.7 Å². The first-order chi connectivity index (χ1) is 8.13. The normalized spacial score (nSPS) is 24.3. The topological polar surface area (TPSA) is 78.4 Å². The molecule has 1 aliphatic carbocycles. The molecule has 98 valence electrons. The van der Waals surface area contributed by atoms with Gasteiger partial charge in [0.1, 0.15) is 0 Å². The molecule has 5 nitrogen and oxygen atoms in total. The van der Waals surface area contributed by atoms with Crippen LogP contribution >= 0.6 is 0 Å². The summed E-state index contributed by atoms with van der Waals surface area (Å²) in [4.78, 5) is 22.1. The Bertz CT molecular complexity index is 260. The van der Waals surface area contributed by atoms with Gasteiger partial charge in [-0.15, -0.1) is 0 Å². The number of carboxylic acid groups (broad SMARTS) is 1. The van der Waals surface area contributed by atoms with Crippen molar-refractivity contribution in [3.05, 3.63) is 0 Å². The summed E-state index contributed by atoms with van der Waals surface area (Å²) in [6.07, 6.45) is 3.28. The molecule has 5 heteroatoms. The summed E-state index contributed by atoms with van der Waals surface area (Å²) in [7, 11) is 0. The molecular formula is C12H22N2O3. The third-order valence-corrected chi connectivity index (χ3v) is 3.32. The molecule has 0 heterocycles. The SMILES string of the molecule is CCNCC(=O)NCC1CCC(C(=O)O)CC1. The Morgan fingerprint density at radius 2 is 1.88 bits per heavy atom. The molecule has 1 saturated carbocycles. The lowest BCUT2D eigenvalue weighted by atomic mass is 9.82. The summed E-state index contributed by atoms with van der Waals surface area (Å²) in [6, 6.07) is 0. The largest absolute Gasteiger partial charge is 0.481 e. The van der Waals surface area contributed by atoms with Gasteiger partial charge in [0.05, 0.1) is 12.5 Å². The van der Waals surface area contributed by atoms with E-state index in [-0.39, 0.29) is 11.8 Å². The summed E-state index contributed by atoms with van der Waals surface area (Å²) in [5.41, 5.74) is 0. The monoisotopic (exact) mass is 242 g/mol. The number of aliphatic carboxylic acids is 1. The van der Waals surface area contributed by atoms with Gasteiger partial charge in [0.25, 0.3) is 0 Å². The molecule has 1 fully saturated rings. The predicted octanol–water partition coefficient (Wildman–Crippen LogP) is 0.603. The van der Waals surface area contributed by atoms with Gasteiger partial charge in [-0.1, -0.05) is 6.92 Å². The number of hydrogen-bond acceptors (Lipinski definition) is 3. The van der Waals surface area contributed by atoms with Crippen LogP contribution in [0.2, 0.25) is 0 Å². The van der Waals surface area contributed by atoms with Crippen LogP contribution in [0.4, 0.5) is 0 Å². The molecular weight excluding hydrogens is 220 g/mol. The second-order valence-electron chi connectivity index (χ2n) is 4.64. The van der Waals surface area contributed by atoms with E-state index in [0.29, 0.717) is 19.0 Å². The van der Waals surface area contributed by atoms with Gasteiger partial charge in [-0.2, -0.15) is 0 Å². The lowest BCUT2D eigenvalue weighted by Gasteiger charge is -2.26. The molecule has 0 aromatic rings. The van der Waals surface area contributed by atoms with Gasteiger partial charge in [-0.05, 0) is 38.1 Å². The van der Waals surface area contributed by atoms with Crippen LogP contribution in [0, 0.1) is 11.8 Å². The minimum absolute atomic E-state index is 0.0206. The van der Waals surface area contributed by atoms with Gasteiger partial charge in [0.15, 0.2) is 0 Å². The van der Waals surface area contributed by atoms with E-state index in [2.05, 4.69) is 10.6 Å². The van der Waals surface area contributed by atoms with Crippen LogP contribution in [0.1, 0.15) is 32.6 Å². The first kappa shape index (κ1) is 14.0. The highest BCUT2D eigenvalue weighted by Gasteiger charge is 2.25. The third-order valence-electron chi connectivity index (χ3n) is 3.32. The van der Waals surface area contributed by atoms with Crippen LogP contribution < -0.4 is 10.6 Å². The fourth-order valence-corrected chi connectivity index (χ4v) is 2.17. The van der Waals surface area contributed by atoms with Crippen molar-refractivity contribution in [3.63, 3.8) is 0 Å². The first-order valence-corrected chi connectivity index (χ1v) is 6.33. The number of hydrogen-bond donors (Lipinski definition) is 3. The third kappa shape index (κ3) is 5.17. The molecule has 3 N–H and O–H groups in total. The number of nitrogens with one attached hydrogen (secondary N) is 2. The highest BCUT2D eigenvalue weighted by molar-refractivity contribution is 5.77. The van der Waals surface area contributed by atoms with Gasteiger partial charge in [0, 0.05) is 6.54 Å². The molecule has 1 rings (SSSR count). The van der Waals surface area contributed by atoms with Gasteiger partial charge in [0.2, 0.25) is 5.91 Å². The second-order valence-corrected chi connectivity index (χ2v) is 4.64. The van der Waals surface area contributed by atoms with Crippen LogP contribution in [-0.2, 0) is 9.59 Å².